The van der Waals surface area contributed by atoms with E-state index in [1.54, 1.807) is 0 Å². The van der Waals surface area contributed by atoms with Gasteiger partial charge in [0.05, 0.1) is 0 Å². The van der Waals surface area contributed by atoms with E-state index in [9.17, 15) is 9.59 Å². The lowest BCUT2D eigenvalue weighted by molar-refractivity contribution is -0.116. The lowest BCUT2D eigenvalue weighted by Crippen LogP contribution is -2.37. The zero-order valence-corrected chi connectivity index (χ0v) is 15.8. The van der Waals surface area contributed by atoms with Gasteiger partial charge in [-0.1, -0.05) is 18.2 Å². The van der Waals surface area contributed by atoms with Crippen molar-refractivity contribution in [1.82, 2.24) is 5.32 Å². The van der Waals surface area contributed by atoms with Gasteiger partial charge in [0.1, 0.15) is 0 Å². The number of benzene rings is 2. The van der Waals surface area contributed by atoms with Crippen LogP contribution in [0.4, 0.5) is 21.9 Å². The lowest BCUT2D eigenvalue weighted by Gasteiger charge is -2.24. The number of carbonyl (C=O) groups is 2. The molecule has 142 valence electrons. The number of carbonyl (C=O) groups excluding carboxylic acids is 2. The van der Waals surface area contributed by atoms with E-state index < -0.39 is 0 Å². The van der Waals surface area contributed by atoms with E-state index in [2.05, 4.69) is 52.9 Å². The quantitative estimate of drug-likeness (QED) is 0.732. The molecule has 2 aromatic carbocycles. The number of aryl methyl sites for hydroxylation is 1. The van der Waals surface area contributed by atoms with E-state index in [1.165, 1.54) is 5.56 Å². The minimum Gasteiger partial charge on any atom is -0.370 e. The van der Waals surface area contributed by atoms with Gasteiger partial charge in [-0.05, 0) is 55.7 Å². The van der Waals surface area contributed by atoms with Crippen LogP contribution in [0.2, 0.25) is 0 Å². The van der Waals surface area contributed by atoms with E-state index >= 15 is 0 Å². The molecule has 0 bridgehead atoms. The van der Waals surface area contributed by atoms with Gasteiger partial charge in [-0.15, -0.1) is 0 Å². The Hall–Kier alpha value is -3.02. The number of fused-ring (bicyclic) bond motifs is 1. The van der Waals surface area contributed by atoms with E-state index in [4.69, 9.17) is 0 Å². The number of hydrogen-bond acceptors (Lipinski definition) is 3. The molecule has 0 saturated carbocycles. The van der Waals surface area contributed by atoms with Crippen LogP contribution in [0.1, 0.15) is 24.5 Å². The summed E-state index contributed by atoms with van der Waals surface area (Å²) in [5.74, 6) is 0.0138. The number of rotatable bonds is 6. The van der Waals surface area contributed by atoms with Crippen molar-refractivity contribution >= 4 is 29.0 Å². The predicted molar refractivity (Wildman–Crippen MR) is 109 cm³/mol. The summed E-state index contributed by atoms with van der Waals surface area (Å²) >= 11 is 0. The Balaban J connectivity index is 1.54. The summed E-state index contributed by atoms with van der Waals surface area (Å²) in [5, 5.41) is 8.67. The van der Waals surface area contributed by atoms with Gasteiger partial charge in [0, 0.05) is 43.1 Å². The number of amides is 3. The molecule has 3 N–H and O–H groups in total. The lowest BCUT2D eigenvalue weighted by atomic mass is 10.0. The molecule has 0 radical (unpaired) electrons. The van der Waals surface area contributed by atoms with Crippen LogP contribution in [-0.2, 0) is 11.2 Å². The molecule has 0 aromatic heterocycles. The first kappa shape index (κ1) is 18.8. The maximum atomic E-state index is 12.3. The second kappa shape index (κ2) is 8.58. The molecule has 1 heterocycles. The fourth-order valence-corrected chi connectivity index (χ4v) is 3.31. The number of nitrogens with one attached hydrogen (secondary N) is 3. The molecule has 0 saturated heterocycles. The molecular weight excluding hydrogens is 340 g/mol. The molecule has 0 unspecified atom stereocenters. The number of hydrogen-bond donors (Lipinski definition) is 3. The summed E-state index contributed by atoms with van der Waals surface area (Å²) in [5.41, 5.74) is 4.88. The summed E-state index contributed by atoms with van der Waals surface area (Å²) in [7, 11) is 0. The van der Waals surface area contributed by atoms with Gasteiger partial charge >= 0.3 is 6.03 Å². The van der Waals surface area contributed by atoms with E-state index in [-0.39, 0.29) is 11.9 Å². The van der Waals surface area contributed by atoms with Crippen LogP contribution in [0.25, 0.3) is 0 Å². The highest BCUT2D eigenvalue weighted by Crippen LogP contribution is 2.29. The number of urea groups is 1. The smallest absolute Gasteiger partial charge is 0.319 e. The summed E-state index contributed by atoms with van der Waals surface area (Å²) in [6.07, 6.45) is 1.07. The van der Waals surface area contributed by atoms with Gasteiger partial charge in [-0.3, -0.25) is 4.79 Å². The molecule has 6 heteroatoms. The monoisotopic (exact) mass is 366 g/mol. The van der Waals surface area contributed by atoms with Crippen molar-refractivity contribution in [2.75, 3.05) is 35.2 Å². The summed E-state index contributed by atoms with van der Waals surface area (Å²) in [6.45, 7) is 6.33. The Bertz CT molecular complexity index is 835. The van der Waals surface area contributed by atoms with Crippen LogP contribution >= 0.6 is 0 Å². The van der Waals surface area contributed by atoms with Gasteiger partial charge in [0.15, 0.2) is 0 Å². The van der Waals surface area contributed by atoms with Gasteiger partial charge in [0.25, 0.3) is 0 Å². The van der Waals surface area contributed by atoms with Crippen LogP contribution in [0.3, 0.4) is 0 Å². The second-order valence-corrected chi connectivity index (χ2v) is 6.68. The zero-order chi connectivity index (χ0) is 19.2. The van der Waals surface area contributed by atoms with Crippen LogP contribution in [0.5, 0.6) is 0 Å². The first-order valence-corrected chi connectivity index (χ1v) is 9.35. The van der Waals surface area contributed by atoms with Crippen molar-refractivity contribution < 1.29 is 9.59 Å². The highest BCUT2D eigenvalue weighted by atomic mass is 16.2. The van der Waals surface area contributed by atoms with Crippen molar-refractivity contribution in [2.24, 2.45) is 0 Å². The summed E-state index contributed by atoms with van der Waals surface area (Å²) < 4.78 is 0. The molecule has 27 heavy (non-hydrogen) atoms. The highest BCUT2D eigenvalue weighted by Gasteiger charge is 2.18. The zero-order valence-electron chi connectivity index (χ0n) is 15.8. The van der Waals surface area contributed by atoms with Crippen LogP contribution in [0.15, 0.2) is 42.5 Å². The van der Waals surface area contributed by atoms with Crippen LogP contribution in [-0.4, -0.2) is 31.6 Å². The summed E-state index contributed by atoms with van der Waals surface area (Å²) in [4.78, 5) is 26.0. The minimum absolute atomic E-state index is 0.0138. The van der Waals surface area contributed by atoms with E-state index in [0.29, 0.717) is 19.4 Å². The molecule has 0 spiro atoms. The molecule has 0 atom stereocenters. The first-order chi connectivity index (χ1) is 13.1. The topological polar surface area (TPSA) is 73.5 Å². The third-order valence-electron chi connectivity index (χ3n) is 4.72. The normalized spacial score (nSPS) is 12.7. The Labute approximate surface area is 159 Å². The van der Waals surface area contributed by atoms with Gasteiger partial charge in [0.2, 0.25) is 5.91 Å². The van der Waals surface area contributed by atoms with Crippen molar-refractivity contribution in [1.29, 1.82) is 0 Å². The molecule has 6 nitrogen and oxygen atoms in total. The van der Waals surface area contributed by atoms with Gasteiger partial charge in [-0.25, -0.2) is 4.79 Å². The average molecular weight is 366 g/mol. The molecule has 0 fully saturated rings. The van der Waals surface area contributed by atoms with Crippen molar-refractivity contribution in [3.05, 3.63) is 53.6 Å². The highest BCUT2D eigenvalue weighted by molar-refractivity contribution is 5.97. The van der Waals surface area contributed by atoms with Crippen LogP contribution < -0.4 is 20.9 Å². The summed E-state index contributed by atoms with van der Waals surface area (Å²) in [6, 6.07) is 13.7. The van der Waals surface area contributed by atoms with Gasteiger partial charge < -0.3 is 20.9 Å². The fourth-order valence-electron chi connectivity index (χ4n) is 3.31. The number of anilines is 3. The van der Waals surface area contributed by atoms with Crippen molar-refractivity contribution in [3.63, 3.8) is 0 Å². The number of likely N-dealkylation sites (N-methyl/N-ethyl adjacent to an activating group) is 1. The Kier molecular flexibility index (Phi) is 5.96. The maximum Gasteiger partial charge on any atom is 0.319 e. The SMILES string of the molecule is CCN(CCNC(=O)Nc1cccc2c1CCC(=O)N2)c1cccc(C)c1. The molecule has 3 amide bonds. The minimum atomic E-state index is -0.236. The third-order valence-corrected chi connectivity index (χ3v) is 4.72. The largest absolute Gasteiger partial charge is 0.370 e. The first-order valence-electron chi connectivity index (χ1n) is 9.35. The fraction of sp³-hybridized carbons (Fsp3) is 0.333. The average Bonchev–Trinajstić information content (AvgIpc) is 2.65. The molecule has 1 aliphatic rings. The van der Waals surface area contributed by atoms with E-state index in [1.807, 2.05) is 24.3 Å². The van der Waals surface area contributed by atoms with Gasteiger partial charge in [-0.2, -0.15) is 0 Å². The third kappa shape index (κ3) is 4.78. The van der Waals surface area contributed by atoms with Crippen molar-refractivity contribution in [2.45, 2.75) is 26.7 Å². The molecular formula is C21H26N4O2. The second-order valence-electron chi connectivity index (χ2n) is 6.68. The Morgan fingerprint density at radius 2 is 2.00 bits per heavy atom. The van der Waals surface area contributed by atoms with Crippen LogP contribution in [0, 0.1) is 6.92 Å². The molecule has 2 aromatic rings. The number of nitrogens with zero attached hydrogens (tertiary/aromatic N) is 1. The standard InChI is InChI=1S/C21H26N4O2/c1-3-25(16-7-4-6-15(2)14-16)13-12-22-21(27)24-19-9-5-8-18-17(19)10-11-20(26)23-18/h4-9,14H,3,10-13H2,1-2H3,(H,23,26)(H2,22,24,27). The molecule has 0 aliphatic carbocycles. The molecule has 1 aliphatic heterocycles. The predicted octanol–water partition coefficient (Wildman–Crippen LogP) is 3.53. The maximum absolute atomic E-state index is 12.3. The van der Waals surface area contributed by atoms with E-state index in [0.717, 1.165) is 35.7 Å². The molecule has 3 rings (SSSR count). The van der Waals surface area contributed by atoms with Crippen molar-refractivity contribution in [3.8, 4) is 0 Å². The Morgan fingerprint density at radius 3 is 2.78 bits per heavy atom. The Morgan fingerprint density at radius 1 is 1.19 bits per heavy atom.